The van der Waals surface area contributed by atoms with E-state index in [9.17, 15) is 0 Å². The summed E-state index contributed by atoms with van der Waals surface area (Å²) in [5.41, 5.74) is 1.27. The van der Waals surface area contributed by atoms with Gasteiger partial charge in [0.25, 0.3) is 0 Å². The van der Waals surface area contributed by atoms with Gasteiger partial charge in [-0.1, -0.05) is 23.4 Å². The van der Waals surface area contributed by atoms with Crippen LogP contribution in [-0.2, 0) is 12.8 Å². The van der Waals surface area contributed by atoms with Crippen LogP contribution < -0.4 is 15.4 Å². The van der Waals surface area contributed by atoms with Gasteiger partial charge in [0.2, 0.25) is 5.89 Å². The zero-order chi connectivity index (χ0) is 16.8. The second-order valence-corrected chi connectivity index (χ2v) is 5.77. The molecule has 1 aliphatic heterocycles. The van der Waals surface area contributed by atoms with Crippen LogP contribution in [-0.4, -0.2) is 42.3 Å². The van der Waals surface area contributed by atoms with Crippen molar-refractivity contribution in [3.63, 3.8) is 0 Å². The molecule has 0 aliphatic carbocycles. The third kappa shape index (κ3) is 4.24. The molecule has 1 aromatic heterocycles. The van der Waals surface area contributed by atoms with Crippen molar-refractivity contribution >= 4 is 5.96 Å². The van der Waals surface area contributed by atoms with E-state index in [2.05, 4.69) is 31.8 Å². The summed E-state index contributed by atoms with van der Waals surface area (Å²) in [6, 6.07) is 8.17. The number of aromatic nitrogens is 2. The van der Waals surface area contributed by atoms with Crippen LogP contribution in [0, 0.1) is 6.92 Å². The number of guanidine groups is 1. The molecular formula is C17H23N5O2. The zero-order valence-corrected chi connectivity index (χ0v) is 14.1. The molecule has 1 unspecified atom stereocenters. The fourth-order valence-electron chi connectivity index (χ4n) is 2.69. The minimum atomic E-state index is 0.141. The number of aryl methyl sites for hydroxylation is 2. The van der Waals surface area contributed by atoms with Crippen molar-refractivity contribution in [2.24, 2.45) is 4.99 Å². The molecule has 1 aliphatic rings. The number of nitrogens with one attached hydrogen (secondary N) is 2. The highest BCUT2D eigenvalue weighted by Gasteiger charge is 2.22. The molecule has 128 valence electrons. The van der Waals surface area contributed by atoms with Gasteiger partial charge in [-0.05, 0) is 25.0 Å². The second-order valence-electron chi connectivity index (χ2n) is 5.77. The zero-order valence-electron chi connectivity index (χ0n) is 14.1. The van der Waals surface area contributed by atoms with Crippen molar-refractivity contribution in [2.45, 2.75) is 32.3 Å². The Balaban J connectivity index is 1.35. The predicted molar refractivity (Wildman–Crippen MR) is 91.3 cm³/mol. The number of benzene rings is 1. The van der Waals surface area contributed by atoms with Crippen LogP contribution in [0.1, 0.15) is 23.7 Å². The Morgan fingerprint density at radius 1 is 1.33 bits per heavy atom. The van der Waals surface area contributed by atoms with Crippen LogP contribution in [0.25, 0.3) is 0 Å². The standard InChI is InChI=1S/C17H23N5O2/c1-12-21-16(24-22-12)8-5-9-19-17(18-2)20-11-14-10-13-6-3-4-7-15(13)23-14/h3-4,6-7,14H,5,8-11H2,1-2H3,(H2,18,19,20). The van der Waals surface area contributed by atoms with E-state index in [0.29, 0.717) is 11.7 Å². The van der Waals surface area contributed by atoms with E-state index in [0.717, 1.165) is 44.1 Å². The van der Waals surface area contributed by atoms with Crippen LogP contribution >= 0.6 is 0 Å². The number of para-hydroxylation sites is 1. The molecule has 0 spiro atoms. The maximum absolute atomic E-state index is 5.91. The molecule has 1 atom stereocenters. The van der Waals surface area contributed by atoms with Gasteiger partial charge in [0.15, 0.2) is 11.8 Å². The fourth-order valence-corrected chi connectivity index (χ4v) is 2.69. The second kappa shape index (κ2) is 7.81. The number of nitrogens with zero attached hydrogens (tertiary/aromatic N) is 3. The fraction of sp³-hybridized carbons (Fsp3) is 0.471. The summed E-state index contributed by atoms with van der Waals surface area (Å²) in [5.74, 6) is 3.11. The summed E-state index contributed by atoms with van der Waals surface area (Å²) < 4.78 is 11.0. The highest BCUT2D eigenvalue weighted by molar-refractivity contribution is 5.79. The van der Waals surface area contributed by atoms with Crippen molar-refractivity contribution in [2.75, 3.05) is 20.1 Å². The Labute approximate surface area is 141 Å². The first-order valence-corrected chi connectivity index (χ1v) is 8.23. The number of ether oxygens (including phenoxy) is 1. The van der Waals surface area contributed by atoms with Gasteiger partial charge in [-0.15, -0.1) is 0 Å². The van der Waals surface area contributed by atoms with Gasteiger partial charge in [-0.2, -0.15) is 4.98 Å². The minimum Gasteiger partial charge on any atom is -0.488 e. The Morgan fingerprint density at radius 2 is 2.21 bits per heavy atom. The summed E-state index contributed by atoms with van der Waals surface area (Å²) in [4.78, 5) is 8.42. The number of fused-ring (bicyclic) bond motifs is 1. The third-order valence-corrected chi connectivity index (χ3v) is 3.86. The van der Waals surface area contributed by atoms with Gasteiger partial charge in [-0.25, -0.2) is 0 Å². The normalized spacial score (nSPS) is 16.6. The molecule has 1 aromatic carbocycles. The van der Waals surface area contributed by atoms with Crippen LogP contribution in [0.2, 0.25) is 0 Å². The lowest BCUT2D eigenvalue weighted by Gasteiger charge is -2.15. The Morgan fingerprint density at radius 3 is 2.96 bits per heavy atom. The van der Waals surface area contributed by atoms with E-state index in [1.165, 1.54) is 5.56 Å². The summed E-state index contributed by atoms with van der Waals surface area (Å²) in [6.45, 7) is 3.32. The van der Waals surface area contributed by atoms with Gasteiger partial charge < -0.3 is 19.9 Å². The van der Waals surface area contributed by atoms with Crippen molar-refractivity contribution in [1.29, 1.82) is 0 Å². The topological polar surface area (TPSA) is 84.6 Å². The van der Waals surface area contributed by atoms with E-state index in [1.54, 1.807) is 7.05 Å². The van der Waals surface area contributed by atoms with E-state index in [-0.39, 0.29) is 6.10 Å². The number of hydrogen-bond donors (Lipinski definition) is 2. The lowest BCUT2D eigenvalue weighted by Crippen LogP contribution is -2.42. The summed E-state index contributed by atoms with van der Waals surface area (Å²) in [6.07, 6.45) is 2.72. The van der Waals surface area contributed by atoms with E-state index in [4.69, 9.17) is 9.26 Å². The molecule has 7 nitrogen and oxygen atoms in total. The van der Waals surface area contributed by atoms with Crippen LogP contribution in [0.3, 0.4) is 0 Å². The molecule has 0 fully saturated rings. The average Bonchev–Trinajstić information content (AvgIpc) is 3.19. The van der Waals surface area contributed by atoms with Crippen molar-refractivity contribution < 1.29 is 9.26 Å². The number of aliphatic imine (C=N–C) groups is 1. The van der Waals surface area contributed by atoms with E-state index >= 15 is 0 Å². The molecular weight excluding hydrogens is 306 g/mol. The number of hydrogen-bond acceptors (Lipinski definition) is 5. The molecule has 0 amide bonds. The lowest BCUT2D eigenvalue weighted by molar-refractivity contribution is 0.235. The first-order valence-electron chi connectivity index (χ1n) is 8.23. The van der Waals surface area contributed by atoms with E-state index < -0.39 is 0 Å². The molecule has 2 heterocycles. The monoisotopic (exact) mass is 329 g/mol. The maximum atomic E-state index is 5.91. The molecule has 2 aromatic rings. The Bertz CT molecular complexity index is 673. The molecule has 7 heteroatoms. The molecule has 24 heavy (non-hydrogen) atoms. The summed E-state index contributed by atoms with van der Waals surface area (Å²) in [7, 11) is 1.76. The van der Waals surface area contributed by atoms with E-state index in [1.807, 2.05) is 25.1 Å². The summed E-state index contributed by atoms with van der Waals surface area (Å²) >= 11 is 0. The van der Waals surface area contributed by atoms with Gasteiger partial charge in [0.05, 0.1) is 6.54 Å². The Kier molecular flexibility index (Phi) is 5.30. The maximum Gasteiger partial charge on any atom is 0.226 e. The van der Waals surface area contributed by atoms with Crippen molar-refractivity contribution in [1.82, 2.24) is 20.8 Å². The molecule has 0 radical (unpaired) electrons. The average molecular weight is 329 g/mol. The SMILES string of the molecule is CN=C(NCCCc1nc(C)no1)NCC1Cc2ccccc2O1. The first kappa shape index (κ1) is 16.3. The molecule has 0 saturated carbocycles. The Hall–Kier alpha value is -2.57. The largest absolute Gasteiger partial charge is 0.488 e. The van der Waals surface area contributed by atoms with Crippen LogP contribution in [0.4, 0.5) is 0 Å². The minimum absolute atomic E-state index is 0.141. The van der Waals surface area contributed by atoms with Crippen molar-refractivity contribution in [3.05, 3.63) is 41.5 Å². The quantitative estimate of drug-likeness (QED) is 0.474. The highest BCUT2D eigenvalue weighted by Crippen LogP contribution is 2.27. The molecule has 0 saturated heterocycles. The van der Waals surface area contributed by atoms with Gasteiger partial charge in [-0.3, -0.25) is 4.99 Å². The molecule has 2 N–H and O–H groups in total. The highest BCUT2D eigenvalue weighted by atomic mass is 16.5. The molecule has 0 bridgehead atoms. The van der Waals surface area contributed by atoms with Gasteiger partial charge >= 0.3 is 0 Å². The predicted octanol–water partition coefficient (Wildman–Crippen LogP) is 1.48. The van der Waals surface area contributed by atoms with Crippen molar-refractivity contribution in [3.8, 4) is 5.75 Å². The first-order chi connectivity index (χ1) is 11.7. The van der Waals surface area contributed by atoms with Crippen LogP contribution in [0.5, 0.6) is 5.75 Å². The van der Waals surface area contributed by atoms with Gasteiger partial charge in [0.1, 0.15) is 11.9 Å². The molecule has 3 rings (SSSR count). The summed E-state index contributed by atoms with van der Waals surface area (Å²) in [5, 5.41) is 10.4. The third-order valence-electron chi connectivity index (χ3n) is 3.86. The van der Waals surface area contributed by atoms with Gasteiger partial charge in [0, 0.05) is 26.4 Å². The lowest BCUT2D eigenvalue weighted by atomic mass is 10.1. The number of rotatable bonds is 6. The smallest absolute Gasteiger partial charge is 0.226 e. The van der Waals surface area contributed by atoms with Crippen LogP contribution in [0.15, 0.2) is 33.8 Å².